The van der Waals surface area contributed by atoms with E-state index < -0.39 is 0 Å². The van der Waals surface area contributed by atoms with Crippen molar-refractivity contribution < 1.29 is 9.90 Å². The maximum Gasteiger partial charge on any atom is 0.251 e. The number of rotatable bonds is 5. The molecule has 100 valence electrons. The summed E-state index contributed by atoms with van der Waals surface area (Å²) in [5, 5.41) is 14.6. The van der Waals surface area contributed by atoms with Gasteiger partial charge < -0.3 is 15.7 Å². The van der Waals surface area contributed by atoms with Crippen molar-refractivity contribution in [3.05, 3.63) is 29.8 Å². The van der Waals surface area contributed by atoms with E-state index in [0.717, 1.165) is 12.2 Å². The summed E-state index contributed by atoms with van der Waals surface area (Å²) in [6, 6.07) is 7.36. The summed E-state index contributed by atoms with van der Waals surface area (Å²) in [4.78, 5) is 11.7. The van der Waals surface area contributed by atoms with Crippen molar-refractivity contribution >= 4 is 11.6 Å². The number of anilines is 1. The molecule has 0 heterocycles. The topological polar surface area (TPSA) is 61.4 Å². The monoisotopic (exact) mass is 250 g/mol. The van der Waals surface area contributed by atoms with Crippen molar-refractivity contribution in [3.63, 3.8) is 0 Å². The summed E-state index contributed by atoms with van der Waals surface area (Å²) in [5.74, 6) is -0.163. The zero-order valence-electron chi connectivity index (χ0n) is 11.3. The van der Waals surface area contributed by atoms with Crippen LogP contribution in [-0.4, -0.2) is 30.7 Å². The van der Waals surface area contributed by atoms with Crippen LogP contribution < -0.4 is 10.6 Å². The largest absolute Gasteiger partial charge is 0.395 e. The Morgan fingerprint density at radius 2 is 2.06 bits per heavy atom. The number of benzene rings is 1. The van der Waals surface area contributed by atoms with Gasteiger partial charge in [0, 0.05) is 24.3 Å². The number of aliphatic hydroxyl groups is 1. The van der Waals surface area contributed by atoms with Gasteiger partial charge in [-0.05, 0) is 23.6 Å². The van der Waals surface area contributed by atoms with Crippen LogP contribution in [0, 0.1) is 5.41 Å². The predicted molar refractivity (Wildman–Crippen MR) is 73.8 cm³/mol. The van der Waals surface area contributed by atoms with Crippen LogP contribution in [0.4, 0.5) is 5.69 Å². The summed E-state index contributed by atoms with van der Waals surface area (Å²) in [6.45, 7) is 7.52. The fourth-order valence-corrected chi connectivity index (χ4v) is 1.41. The Balaban J connectivity index is 2.64. The molecule has 0 aliphatic carbocycles. The lowest BCUT2D eigenvalue weighted by Crippen LogP contribution is -2.26. The van der Waals surface area contributed by atoms with Gasteiger partial charge in [-0.2, -0.15) is 0 Å². The van der Waals surface area contributed by atoms with Crippen molar-refractivity contribution in [1.82, 2.24) is 5.32 Å². The minimum Gasteiger partial charge on any atom is -0.395 e. The second-order valence-corrected chi connectivity index (χ2v) is 5.47. The van der Waals surface area contributed by atoms with Crippen LogP contribution in [0.15, 0.2) is 24.3 Å². The summed E-state index contributed by atoms with van der Waals surface area (Å²) >= 11 is 0. The molecular weight excluding hydrogens is 228 g/mol. The Kier molecular flexibility index (Phi) is 5.16. The summed E-state index contributed by atoms with van der Waals surface area (Å²) in [7, 11) is 0. The third kappa shape index (κ3) is 5.19. The minimum atomic E-state index is -0.163. The molecule has 3 N–H and O–H groups in total. The van der Waals surface area contributed by atoms with E-state index in [1.807, 2.05) is 18.2 Å². The lowest BCUT2D eigenvalue weighted by Gasteiger charge is -2.19. The molecule has 0 aliphatic heterocycles. The third-order valence-corrected chi connectivity index (χ3v) is 2.34. The van der Waals surface area contributed by atoms with Crippen LogP contribution in [0.25, 0.3) is 0 Å². The van der Waals surface area contributed by atoms with Crippen LogP contribution in [0.2, 0.25) is 0 Å². The van der Waals surface area contributed by atoms with E-state index in [9.17, 15) is 4.79 Å². The normalized spacial score (nSPS) is 11.1. The first-order valence-electron chi connectivity index (χ1n) is 6.15. The van der Waals surface area contributed by atoms with E-state index in [0.29, 0.717) is 5.56 Å². The van der Waals surface area contributed by atoms with E-state index in [4.69, 9.17) is 5.11 Å². The molecule has 4 heteroatoms. The molecule has 0 atom stereocenters. The van der Waals surface area contributed by atoms with Crippen LogP contribution in [0.5, 0.6) is 0 Å². The second-order valence-electron chi connectivity index (χ2n) is 5.47. The maximum absolute atomic E-state index is 11.7. The number of aliphatic hydroxyl groups excluding tert-OH is 1. The SMILES string of the molecule is CC(C)(C)CNc1cccc(C(=O)NCCO)c1. The van der Waals surface area contributed by atoms with Crippen molar-refractivity contribution in [2.45, 2.75) is 20.8 Å². The molecule has 0 saturated carbocycles. The summed E-state index contributed by atoms with van der Waals surface area (Å²) < 4.78 is 0. The Hall–Kier alpha value is -1.55. The second kappa shape index (κ2) is 6.40. The summed E-state index contributed by atoms with van der Waals surface area (Å²) in [6.07, 6.45) is 0. The Morgan fingerprint density at radius 1 is 1.33 bits per heavy atom. The molecule has 18 heavy (non-hydrogen) atoms. The first-order valence-corrected chi connectivity index (χ1v) is 6.15. The molecule has 1 rings (SSSR count). The van der Waals surface area contributed by atoms with Gasteiger partial charge in [-0.3, -0.25) is 4.79 Å². The Bertz CT molecular complexity index is 397. The van der Waals surface area contributed by atoms with Crippen LogP contribution in [0.3, 0.4) is 0 Å². The van der Waals surface area contributed by atoms with Crippen molar-refractivity contribution in [2.24, 2.45) is 5.41 Å². The first kappa shape index (κ1) is 14.5. The fourth-order valence-electron chi connectivity index (χ4n) is 1.41. The van der Waals surface area contributed by atoms with Gasteiger partial charge in [-0.25, -0.2) is 0 Å². The molecular formula is C14H22N2O2. The van der Waals surface area contributed by atoms with Crippen molar-refractivity contribution in [1.29, 1.82) is 0 Å². The van der Waals surface area contributed by atoms with E-state index in [-0.39, 0.29) is 24.5 Å². The average molecular weight is 250 g/mol. The highest BCUT2D eigenvalue weighted by Gasteiger charge is 2.10. The number of carbonyl (C=O) groups excluding carboxylic acids is 1. The standard InChI is InChI=1S/C14H22N2O2/c1-14(2,3)10-16-12-6-4-5-11(9-12)13(18)15-7-8-17/h4-6,9,16-17H,7-8,10H2,1-3H3,(H,15,18). The molecule has 0 aliphatic rings. The minimum absolute atomic E-state index is 0.0479. The van der Waals surface area contributed by atoms with Gasteiger partial charge in [0.2, 0.25) is 0 Å². The van der Waals surface area contributed by atoms with Crippen LogP contribution >= 0.6 is 0 Å². The first-order chi connectivity index (χ1) is 8.42. The van der Waals surface area contributed by atoms with Gasteiger partial charge in [0.1, 0.15) is 0 Å². The lowest BCUT2D eigenvalue weighted by atomic mass is 9.97. The molecule has 1 aromatic carbocycles. The van der Waals surface area contributed by atoms with Crippen molar-refractivity contribution in [2.75, 3.05) is 25.0 Å². The quantitative estimate of drug-likeness (QED) is 0.747. The van der Waals surface area contributed by atoms with Gasteiger partial charge in [0.05, 0.1) is 6.61 Å². The van der Waals surface area contributed by atoms with E-state index in [2.05, 4.69) is 31.4 Å². The molecule has 1 amide bonds. The highest BCUT2D eigenvalue weighted by atomic mass is 16.3. The number of nitrogens with one attached hydrogen (secondary N) is 2. The fraction of sp³-hybridized carbons (Fsp3) is 0.500. The number of hydrogen-bond donors (Lipinski definition) is 3. The zero-order valence-corrected chi connectivity index (χ0v) is 11.3. The molecule has 4 nitrogen and oxygen atoms in total. The molecule has 0 saturated heterocycles. The van der Waals surface area contributed by atoms with Gasteiger partial charge in [0.25, 0.3) is 5.91 Å². The zero-order chi connectivity index (χ0) is 13.6. The molecule has 0 unspecified atom stereocenters. The predicted octanol–water partition coefficient (Wildman–Crippen LogP) is 1.87. The van der Waals surface area contributed by atoms with E-state index >= 15 is 0 Å². The number of carbonyl (C=O) groups is 1. The Morgan fingerprint density at radius 3 is 2.67 bits per heavy atom. The molecule has 0 radical (unpaired) electrons. The summed E-state index contributed by atoms with van der Waals surface area (Å²) in [5.41, 5.74) is 1.72. The maximum atomic E-state index is 11.7. The van der Waals surface area contributed by atoms with Gasteiger partial charge in [-0.1, -0.05) is 26.8 Å². The third-order valence-electron chi connectivity index (χ3n) is 2.34. The lowest BCUT2D eigenvalue weighted by molar-refractivity contribution is 0.0945. The van der Waals surface area contributed by atoms with Crippen LogP contribution in [0.1, 0.15) is 31.1 Å². The number of hydrogen-bond acceptors (Lipinski definition) is 3. The molecule has 1 aromatic rings. The van der Waals surface area contributed by atoms with E-state index in [1.54, 1.807) is 6.07 Å². The molecule has 0 bridgehead atoms. The molecule has 0 spiro atoms. The van der Waals surface area contributed by atoms with Gasteiger partial charge in [-0.15, -0.1) is 0 Å². The highest BCUT2D eigenvalue weighted by Crippen LogP contribution is 2.16. The molecule has 0 fully saturated rings. The number of amides is 1. The van der Waals surface area contributed by atoms with E-state index in [1.165, 1.54) is 0 Å². The molecule has 0 aromatic heterocycles. The smallest absolute Gasteiger partial charge is 0.251 e. The van der Waals surface area contributed by atoms with Gasteiger partial charge in [0.15, 0.2) is 0 Å². The Labute approximate surface area is 108 Å². The van der Waals surface area contributed by atoms with Crippen molar-refractivity contribution in [3.8, 4) is 0 Å². The highest BCUT2D eigenvalue weighted by molar-refractivity contribution is 5.95. The van der Waals surface area contributed by atoms with Crippen LogP contribution in [-0.2, 0) is 0 Å². The van der Waals surface area contributed by atoms with Gasteiger partial charge >= 0.3 is 0 Å². The average Bonchev–Trinajstić information content (AvgIpc) is 2.33.